The quantitative estimate of drug-likeness (QED) is 0.614. The Morgan fingerprint density at radius 2 is 1.81 bits per heavy atom. The number of ether oxygens (including phenoxy) is 1. The summed E-state index contributed by atoms with van der Waals surface area (Å²) in [7, 11) is 1.55. The Morgan fingerprint density at radius 3 is 2.38 bits per heavy atom. The number of hydrogen-bond donors (Lipinski definition) is 2. The van der Waals surface area contributed by atoms with Crippen molar-refractivity contribution >= 4 is 33.8 Å². The number of aromatic nitrogens is 1. The van der Waals surface area contributed by atoms with Crippen LogP contribution in [0.3, 0.4) is 0 Å². The van der Waals surface area contributed by atoms with Gasteiger partial charge in [-0.05, 0) is 36.4 Å². The van der Waals surface area contributed by atoms with Crippen LogP contribution in [0, 0.1) is 0 Å². The van der Waals surface area contributed by atoms with Gasteiger partial charge in [0.1, 0.15) is 16.4 Å². The molecule has 1 aromatic heterocycles. The lowest BCUT2D eigenvalue weighted by molar-refractivity contribution is 0.104. The summed E-state index contributed by atoms with van der Waals surface area (Å²) < 4.78 is 30.2. The zero-order valence-electron chi connectivity index (χ0n) is 13.7. The second-order valence-electron chi connectivity index (χ2n) is 5.34. The molecular weight excluding hydrogens is 360 g/mol. The van der Waals surface area contributed by atoms with Gasteiger partial charge in [0.25, 0.3) is 6.43 Å². The summed E-state index contributed by atoms with van der Waals surface area (Å²) >= 11 is 1.10. The highest BCUT2D eigenvalue weighted by Crippen LogP contribution is 2.30. The average molecular weight is 375 g/mol. The minimum Gasteiger partial charge on any atom is -0.497 e. The maximum atomic E-state index is 12.6. The second kappa shape index (κ2) is 7.49. The molecule has 0 aliphatic heterocycles. The second-order valence-corrected chi connectivity index (χ2v) is 6.34. The molecule has 134 valence electrons. The highest BCUT2D eigenvalue weighted by atomic mass is 32.1. The molecule has 0 fully saturated rings. The number of nitrogens with zero attached hydrogens (tertiary/aromatic N) is 1. The van der Waals surface area contributed by atoms with Crippen LogP contribution in [0.5, 0.6) is 5.75 Å². The van der Waals surface area contributed by atoms with Gasteiger partial charge in [-0.15, -0.1) is 0 Å². The number of halogens is 2. The van der Waals surface area contributed by atoms with E-state index in [-0.39, 0.29) is 17.2 Å². The van der Waals surface area contributed by atoms with E-state index in [1.807, 2.05) is 0 Å². The lowest BCUT2D eigenvalue weighted by Crippen LogP contribution is -2.02. The van der Waals surface area contributed by atoms with Crippen molar-refractivity contribution in [2.45, 2.75) is 6.43 Å². The highest BCUT2D eigenvalue weighted by molar-refractivity contribution is 7.18. The molecule has 0 amide bonds. The van der Waals surface area contributed by atoms with Crippen molar-refractivity contribution in [2.75, 3.05) is 18.2 Å². The summed E-state index contributed by atoms with van der Waals surface area (Å²) in [5.41, 5.74) is 6.84. The molecule has 0 unspecified atom stereocenters. The van der Waals surface area contributed by atoms with Crippen LogP contribution in [-0.2, 0) is 0 Å². The summed E-state index contributed by atoms with van der Waals surface area (Å²) in [5.74, 6) is 0.514. The van der Waals surface area contributed by atoms with Gasteiger partial charge in [0.15, 0.2) is 5.13 Å². The summed E-state index contributed by atoms with van der Waals surface area (Å²) in [6.45, 7) is 0. The molecule has 3 rings (SSSR count). The highest BCUT2D eigenvalue weighted by Gasteiger charge is 2.18. The number of thiazole rings is 1. The molecule has 0 radical (unpaired) electrons. The standard InChI is InChI=1S/C18H15F2N3O2S/c1-25-13-8-4-10(5-9-13)14(24)15-17(21)23-18(26-15)22-12-6-2-11(3-7-12)16(19)20/h2-9,16H,21H2,1H3,(H,22,23). The third-order valence-corrected chi connectivity index (χ3v) is 4.61. The molecule has 0 bridgehead atoms. The molecule has 3 aromatic rings. The van der Waals surface area contributed by atoms with Gasteiger partial charge in [-0.1, -0.05) is 23.5 Å². The van der Waals surface area contributed by atoms with Crippen LogP contribution >= 0.6 is 11.3 Å². The normalized spacial score (nSPS) is 10.8. The predicted octanol–water partition coefficient (Wildman–Crippen LogP) is 4.65. The van der Waals surface area contributed by atoms with E-state index in [0.29, 0.717) is 27.0 Å². The number of carbonyl (C=O) groups is 1. The fourth-order valence-corrected chi connectivity index (χ4v) is 3.12. The van der Waals surface area contributed by atoms with Crippen molar-refractivity contribution < 1.29 is 18.3 Å². The number of nitrogen functional groups attached to an aromatic ring is 1. The number of methoxy groups -OCH3 is 1. The van der Waals surface area contributed by atoms with Gasteiger partial charge in [0, 0.05) is 16.8 Å². The molecular formula is C18H15F2N3O2S. The SMILES string of the molecule is COc1ccc(C(=O)c2sc(Nc3ccc(C(F)F)cc3)nc2N)cc1. The zero-order valence-corrected chi connectivity index (χ0v) is 14.5. The average Bonchev–Trinajstić information content (AvgIpc) is 3.01. The number of ketones is 1. The molecule has 0 saturated carbocycles. The molecule has 5 nitrogen and oxygen atoms in total. The van der Waals surface area contributed by atoms with Gasteiger partial charge in [-0.3, -0.25) is 4.79 Å². The first kappa shape index (κ1) is 17.8. The van der Waals surface area contributed by atoms with E-state index in [2.05, 4.69) is 10.3 Å². The monoisotopic (exact) mass is 375 g/mol. The third-order valence-electron chi connectivity index (χ3n) is 3.63. The number of rotatable bonds is 6. The number of nitrogens with one attached hydrogen (secondary N) is 1. The van der Waals surface area contributed by atoms with Crippen molar-refractivity contribution in [3.05, 3.63) is 64.5 Å². The Bertz CT molecular complexity index is 909. The molecule has 26 heavy (non-hydrogen) atoms. The van der Waals surface area contributed by atoms with E-state index in [4.69, 9.17) is 10.5 Å². The van der Waals surface area contributed by atoms with Crippen LogP contribution in [0.15, 0.2) is 48.5 Å². The maximum Gasteiger partial charge on any atom is 0.263 e. The van der Waals surface area contributed by atoms with Gasteiger partial charge in [0.2, 0.25) is 5.78 Å². The van der Waals surface area contributed by atoms with E-state index in [1.54, 1.807) is 31.4 Å². The first-order valence-corrected chi connectivity index (χ1v) is 8.39. The van der Waals surface area contributed by atoms with Gasteiger partial charge in [-0.25, -0.2) is 13.8 Å². The fraction of sp³-hybridized carbons (Fsp3) is 0.111. The van der Waals surface area contributed by atoms with E-state index in [1.165, 1.54) is 24.3 Å². The molecule has 0 saturated heterocycles. The zero-order chi connectivity index (χ0) is 18.7. The molecule has 2 aromatic carbocycles. The number of hydrogen-bond acceptors (Lipinski definition) is 6. The van der Waals surface area contributed by atoms with E-state index < -0.39 is 6.43 Å². The van der Waals surface area contributed by atoms with Crippen molar-refractivity contribution in [3.8, 4) is 5.75 Å². The number of benzene rings is 2. The summed E-state index contributed by atoms with van der Waals surface area (Å²) in [6, 6.07) is 12.4. The van der Waals surface area contributed by atoms with Crippen molar-refractivity contribution in [1.82, 2.24) is 4.98 Å². The van der Waals surface area contributed by atoms with Crippen molar-refractivity contribution in [3.63, 3.8) is 0 Å². The molecule has 0 spiro atoms. The maximum absolute atomic E-state index is 12.6. The van der Waals surface area contributed by atoms with Gasteiger partial charge in [0.05, 0.1) is 7.11 Å². The fourth-order valence-electron chi connectivity index (χ4n) is 2.26. The molecule has 3 N–H and O–H groups in total. The number of carbonyl (C=O) groups excluding carboxylic acids is 1. The Morgan fingerprint density at radius 1 is 1.15 bits per heavy atom. The minimum atomic E-state index is -2.52. The van der Waals surface area contributed by atoms with Gasteiger partial charge >= 0.3 is 0 Å². The van der Waals surface area contributed by atoms with Crippen LogP contribution in [0.25, 0.3) is 0 Å². The summed E-state index contributed by atoms with van der Waals surface area (Å²) in [6.07, 6.45) is -2.52. The van der Waals surface area contributed by atoms with E-state index in [9.17, 15) is 13.6 Å². The third kappa shape index (κ3) is 3.80. The van der Waals surface area contributed by atoms with Gasteiger partial charge in [-0.2, -0.15) is 0 Å². The first-order valence-electron chi connectivity index (χ1n) is 7.58. The van der Waals surface area contributed by atoms with Crippen molar-refractivity contribution in [2.24, 2.45) is 0 Å². The molecule has 0 atom stereocenters. The lowest BCUT2D eigenvalue weighted by atomic mass is 10.1. The summed E-state index contributed by atoms with van der Waals surface area (Å²) in [5, 5.41) is 3.37. The van der Waals surface area contributed by atoms with E-state index >= 15 is 0 Å². The molecule has 0 aliphatic rings. The number of anilines is 3. The van der Waals surface area contributed by atoms with E-state index in [0.717, 1.165) is 11.3 Å². The smallest absolute Gasteiger partial charge is 0.263 e. The van der Waals surface area contributed by atoms with Crippen LogP contribution in [-0.4, -0.2) is 17.9 Å². The van der Waals surface area contributed by atoms with Crippen LogP contribution in [0.2, 0.25) is 0 Å². The van der Waals surface area contributed by atoms with Crippen LogP contribution < -0.4 is 15.8 Å². The Hall–Kier alpha value is -3.00. The first-order chi connectivity index (χ1) is 12.5. The van der Waals surface area contributed by atoms with Crippen molar-refractivity contribution in [1.29, 1.82) is 0 Å². The largest absolute Gasteiger partial charge is 0.497 e. The molecule has 8 heteroatoms. The Labute approximate surface area is 152 Å². The summed E-state index contributed by atoms with van der Waals surface area (Å²) in [4.78, 5) is 17.0. The minimum absolute atomic E-state index is 0.0652. The molecule has 1 heterocycles. The Balaban J connectivity index is 1.78. The predicted molar refractivity (Wildman–Crippen MR) is 97.6 cm³/mol. The molecule has 0 aliphatic carbocycles. The van der Waals surface area contributed by atoms with Crippen LogP contribution in [0.4, 0.5) is 25.4 Å². The Kier molecular flexibility index (Phi) is 5.13. The number of alkyl halides is 2. The number of nitrogens with two attached hydrogens (primary N) is 1. The lowest BCUT2D eigenvalue weighted by Gasteiger charge is -2.04. The van der Waals surface area contributed by atoms with Gasteiger partial charge < -0.3 is 15.8 Å². The van der Waals surface area contributed by atoms with Crippen LogP contribution in [0.1, 0.15) is 27.2 Å². The topological polar surface area (TPSA) is 77.2 Å².